The summed E-state index contributed by atoms with van der Waals surface area (Å²) in [5.41, 5.74) is 10.3. The van der Waals surface area contributed by atoms with Crippen LogP contribution in [0.2, 0.25) is 0 Å². The van der Waals surface area contributed by atoms with Gasteiger partial charge in [0.15, 0.2) is 0 Å². The quantitative estimate of drug-likeness (QED) is 0.346. The van der Waals surface area contributed by atoms with Gasteiger partial charge >= 0.3 is 6.09 Å². The number of amides is 3. The van der Waals surface area contributed by atoms with Crippen LogP contribution in [0.25, 0.3) is 11.4 Å². The van der Waals surface area contributed by atoms with E-state index in [1.54, 1.807) is 45.2 Å². The minimum atomic E-state index is -0.721. The molecular formula is C33H32N6O4. The molecule has 4 aromatic rings. The summed E-state index contributed by atoms with van der Waals surface area (Å²) in [6.07, 6.45) is 1.34. The number of nitrogen functional groups attached to an aromatic ring is 1. The highest BCUT2D eigenvalue weighted by molar-refractivity contribution is 6.05. The van der Waals surface area contributed by atoms with Crippen molar-refractivity contribution in [1.29, 1.82) is 0 Å². The third kappa shape index (κ3) is 6.57. The minimum absolute atomic E-state index is 0.0672. The lowest BCUT2D eigenvalue weighted by Crippen LogP contribution is -2.44. The fraction of sp³-hybridized carbons (Fsp3) is 0.242. The Morgan fingerprint density at radius 3 is 2.58 bits per heavy atom. The highest BCUT2D eigenvalue weighted by atomic mass is 16.6. The number of carbonyl (C=O) groups excluding carboxylic acids is 3. The number of carbonyl (C=O) groups is 3. The standard InChI is InChI=1S/C33H32N6O4/c1-33(2,3)43-32(42)39-16-15-26-25(30(39)41)18-27(38(26)4)28-24(20-36-31(34)37-28)14-13-21-9-8-10-22(17-21)19-35-29(40)23-11-6-5-7-12-23/h5-12,17-18,20H,15-16,19H2,1-4H3,(H,35,40)(H2,34,36,37). The molecular weight excluding hydrogens is 544 g/mol. The van der Waals surface area contributed by atoms with Crippen LogP contribution in [0, 0.1) is 11.8 Å². The molecule has 218 valence electrons. The van der Waals surface area contributed by atoms with Crippen molar-refractivity contribution in [3.05, 3.63) is 100 Å². The maximum absolute atomic E-state index is 13.3. The fourth-order valence-corrected chi connectivity index (χ4v) is 4.77. The summed E-state index contributed by atoms with van der Waals surface area (Å²) in [6.45, 7) is 5.83. The Hall–Kier alpha value is -5.43. The first-order chi connectivity index (χ1) is 20.5. The Morgan fingerprint density at radius 1 is 1.07 bits per heavy atom. The SMILES string of the molecule is Cn1c(-c2nc(N)ncc2C#Cc2cccc(CNC(=O)c3ccccc3)c2)cc2c1CCN(C(=O)OC(C)(C)C)C2=O. The van der Waals surface area contributed by atoms with E-state index in [0.717, 1.165) is 21.7 Å². The topological polar surface area (TPSA) is 132 Å². The van der Waals surface area contributed by atoms with Gasteiger partial charge in [0.05, 0.1) is 16.8 Å². The molecule has 0 saturated heterocycles. The minimum Gasteiger partial charge on any atom is -0.443 e. The third-order valence-electron chi connectivity index (χ3n) is 6.83. The molecule has 2 aromatic heterocycles. The van der Waals surface area contributed by atoms with E-state index in [1.807, 2.05) is 54.1 Å². The zero-order valence-corrected chi connectivity index (χ0v) is 24.5. The molecule has 0 saturated carbocycles. The van der Waals surface area contributed by atoms with E-state index in [9.17, 15) is 14.4 Å². The summed E-state index contributed by atoms with van der Waals surface area (Å²) in [4.78, 5) is 48.1. The molecule has 2 aromatic carbocycles. The molecule has 1 aliphatic heterocycles. The number of imide groups is 1. The molecule has 0 atom stereocenters. The number of hydrogen-bond donors (Lipinski definition) is 2. The van der Waals surface area contributed by atoms with Gasteiger partial charge in [0.1, 0.15) is 11.3 Å². The second kappa shape index (κ2) is 11.8. The van der Waals surface area contributed by atoms with E-state index in [2.05, 4.69) is 27.1 Å². The molecule has 3 N–H and O–H groups in total. The lowest BCUT2D eigenvalue weighted by molar-refractivity contribution is 0.0232. The summed E-state index contributed by atoms with van der Waals surface area (Å²) in [6, 6.07) is 18.3. The van der Waals surface area contributed by atoms with Gasteiger partial charge in [-0.15, -0.1) is 0 Å². The van der Waals surface area contributed by atoms with Crippen molar-refractivity contribution in [2.45, 2.75) is 39.3 Å². The van der Waals surface area contributed by atoms with Gasteiger partial charge in [0, 0.05) is 49.6 Å². The second-order valence-electron chi connectivity index (χ2n) is 11.1. The Balaban J connectivity index is 1.39. The first-order valence-electron chi connectivity index (χ1n) is 13.8. The molecule has 0 spiro atoms. The fourth-order valence-electron chi connectivity index (χ4n) is 4.77. The Kier molecular flexibility index (Phi) is 7.99. The summed E-state index contributed by atoms with van der Waals surface area (Å²) in [7, 11) is 1.84. The molecule has 10 heteroatoms. The van der Waals surface area contributed by atoms with Crippen molar-refractivity contribution in [2.75, 3.05) is 12.3 Å². The molecule has 3 amide bonds. The van der Waals surface area contributed by atoms with Crippen LogP contribution in [0.5, 0.6) is 0 Å². The average Bonchev–Trinajstić information content (AvgIpc) is 3.32. The van der Waals surface area contributed by atoms with Crippen LogP contribution in [0.1, 0.15) is 63.9 Å². The van der Waals surface area contributed by atoms with Crippen molar-refractivity contribution in [1.82, 2.24) is 24.8 Å². The van der Waals surface area contributed by atoms with E-state index in [4.69, 9.17) is 10.5 Å². The zero-order valence-electron chi connectivity index (χ0n) is 24.5. The van der Waals surface area contributed by atoms with E-state index >= 15 is 0 Å². The molecule has 10 nitrogen and oxygen atoms in total. The summed E-state index contributed by atoms with van der Waals surface area (Å²) in [5.74, 6) is 5.78. The van der Waals surface area contributed by atoms with Gasteiger partial charge < -0.3 is 20.4 Å². The second-order valence-corrected chi connectivity index (χ2v) is 11.1. The van der Waals surface area contributed by atoms with Gasteiger partial charge in [-0.3, -0.25) is 9.59 Å². The van der Waals surface area contributed by atoms with Crippen LogP contribution in [0.15, 0.2) is 66.9 Å². The van der Waals surface area contributed by atoms with Crippen LogP contribution in [0.3, 0.4) is 0 Å². The highest BCUT2D eigenvalue weighted by Gasteiger charge is 2.35. The Labute approximate surface area is 249 Å². The van der Waals surface area contributed by atoms with Crippen molar-refractivity contribution in [3.63, 3.8) is 0 Å². The van der Waals surface area contributed by atoms with Gasteiger partial charge in [-0.25, -0.2) is 19.7 Å². The summed E-state index contributed by atoms with van der Waals surface area (Å²) in [5, 5.41) is 2.92. The highest BCUT2D eigenvalue weighted by Crippen LogP contribution is 2.30. The van der Waals surface area contributed by atoms with E-state index in [0.29, 0.717) is 41.0 Å². The first-order valence-corrected chi connectivity index (χ1v) is 13.8. The van der Waals surface area contributed by atoms with Crippen LogP contribution < -0.4 is 11.1 Å². The third-order valence-corrected chi connectivity index (χ3v) is 6.83. The van der Waals surface area contributed by atoms with Gasteiger partial charge in [0.25, 0.3) is 11.8 Å². The number of ether oxygens (including phenoxy) is 1. The molecule has 43 heavy (non-hydrogen) atoms. The first kappa shape index (κ1) is 29.1. The molecule has 3 heterocycles. The number of aromatic nitrogens is 3. The smallest absolute Gasteiger partial charge is 0.417 e. The monoisotopic (exact) mass is 576 g/mol. The van der Waals surface area contributed by atoms with Crippen LogP contribution >= 0.6 is 0 Å². The van der Waals surface area contributed by atoms with Crippen LogP contribution in [-0.4, -0.2) is 49.5 Å². The number of rotatable bonds is 4. The Morgan fingerprint density at radius 2 is 1.84 bits per heavy atom. The zero-order chi connectivity index (χ0) is 30.7. The number of nitrogens with two attached hydrogens (primary N) is 1. The lowest BCUT2D eigenvalue weighted by atomic mass is 10.1. The predicted molar refractivity (Wildman–Crippen MR) is 162 cm³/mol. The molecule has 0 aliphatic carbocycles. The van der Waals surface area contributed by atoms with Crippen LogP contribution in [-0.2, 0) is 24.8 Å². The van der Waals surface area contributed by atoms with E-state index in [-0.39, 0.29) is 18.4 Å². The molecule has 5 rings (SSSR count). The van der Waals surface area contributed by atoms with Crippen molar-refractivity contribution in [2.24, 2.45) is 7.05 Å². The van der Waals surface area contributed by atoms with Crippen LogP contribution in [0.4, 0.5) is 10.7 Å². The molecule has 0 bridgehead atoms. The number of hydrogen-bond acceptors (Lipinski definition) is 7. The summed E-state index contributed by atoms with van der Waals surface area (Å²) < 4.78 is 7.31. The number of benzene rings is 2. The van der Waals surface area contributed by atoms with E-state index in [1.165, 1.54) is 0 Å². The van der Waals surface area contributed by atoms with E-state index < -0.39 is 17.6 Å². The molecule has 0 unspecified atom stereocenters. The largest absolute Gasteiger partial charge is 0.443 e. The average molecular weight is 577 g/mol. The normalized spacial score (nSPS) is 12.7. The van der Waals surface area contributed by atoms with Crippen molar-refractivity contribution < 1.29 is 19.1 Å². The molecule has 0 fully saturated rings. The maximum Gasteiger partial charge on any atom is 0.417 e. The number of anilines is 1. The summed E-state index contributed by atoms with van der Waals surface area (Å²) >= 11 is 0. The van der Waals surface area contributed by atoms with Gasteiger partial charge in [-0.2, -0.15) is 0 Å². The lowest BCUT2D eigenvalue weighted by Gasteiger charge is -2.28. The van der Waals surface area contributed by atoms with Gasteiger partial charge in [0.2, 0.25) is 5.95 Å². The van der Waals surface area contributed by atoms with Crippen molar-refractivity contribution in [3.8, 4) is 23.2 Å². The number of fused-ring (bicyclic) bond motifs is 1. The predicted octanol–water partition coefficient (Wildman–Crippen LogP) is 4.33. The number of nitrogens with one attached hydrogen (secondary N) is 1. The van der Waals surface area contributed by atoms with Crippen molar-refractivity contribution >= 4 is 23.9 Å². The molecule has 0 radical (unpaired) electrons. The molecule has 1 aliphatic rings. The number of nitrogens with zero attached hydrogens (tertiary/aromatic N) is 4. The van der Waals surface area contributed by atoms with Gasteiger partial charge in [-0.1, -0.05) is 42.2 Å². The maximum atomic E-state index is 13.3. The Bertz CT molecular complexity index is 1780. The van der Waals surface area contributed by atoms with Gasteiger partial charge in [-0.05, 0) is 56.7 Å².